The molecule has 1 saturated heterocycles. The molecule has 1 amide bonds. The summed E-state index contributed by atoms with van der Waals surface area (Å²) in [5.74, 6) is 0.289. The average molecular weight is 340 g/mol. The highest BCUT2D eigenvalue weighted by molar-refractivity contribution is 5.77. The van der Waals surface area contributed by atoms with E-state index < -0.39 is 0 Å². The number of hydrogen-bond acceptors (Lipinski definition) is 3. The van der Waals surface area contributed by atoms with Crippen molar-refractivity contribution in [3.05, 3.63) is 47.0 Å². The fourth-order valence-corrected chi connectivity index (χ4v) is 3.73. The number of aromatic nitrogens is 3. The average Bonchev–Trinajstić information content (AvgIpc) is 3.19. The summed E-state index contributed by atoms with van der Waals surface area (Å²) in [6.07, 6.45) is 9.43. The summed E-state index contributed by atoms with van der Waals surface area (Å²) in [6.45, 7) is 4.99. The molecule has 0 aliphatic carbocycles. The van der Waals surface area contributed by atoms with Gasteiger partial charge >= 0.3 is 0 Å². The molecule has 2 aromatic heterocycles. The Morgan fingerprint density at radius 3 is 2.88 bits per heavy atom. The largest absolute Gasteiger partial charge is 0.340 e. The van der Waals surface area contributed by atoms with Gasteiger partial charge < -0.3 is 4.90 Å². The van der Waals surface area contributed by atoms with Crippen LogP contribution in [0.4, 0.5) is 0 Å². The Balaban J connectivity index is 1.53. The molecule has 0 aromatic carbocycles. The predicted molar refractivity (Wildman–Crippen MR) is 98.3 cm³/mol. The van der Waals surface area contributed by atoms with Gasteiger partial charge in [0.05, 0.1) is 6.20 Å². The molecule has 0 bridgehead atoms. The van der Waals surface area contributed by atoms with Gasteiger partial charge in [-0.2, -0.15) is 5.10 Å². The van der Waals surface area contributed by atoms with E-state index in [1.165, 1.54) is 11.1 Å². The molecule has 0 N–H and O–H groups in total. The quantitative estimate of drug-likeness (QED) is 0.812. The van der Waals surface area contributed by atoms with Crippen LogP contribution in [0.15, 0.2) is 24.5 Å². The lowest BCUT2D eigenvalue weighted by Crippen LogP contribution is -2.36. The molecule has 5 heteroatoms. The first-order chi connectivity index (χ1) is 12.0. The maximum absolute atomic E-state index is 12.7. The summed E-state index contributed by atoms with van der Waals surface area (Å²) in [5.41, 5.74) is 4.71. The van der Waals surface area contributed by atoms with E-state index >= 15 is 0 Å². The lowest BCUT2D eigenvalue weighted by Gasteiger charge is -2.25. The van der Waals surface area contributed by atoms with E-state index in [1.807, 2.05) is 31.0 Å². The zero-order chi connectivity index (χ0) is 17.8. The molecule has 1 atom stereocenters. The Labute approximate surface area is 150 Å². The summed E-state index contributed by atoms with van der Waals surface area (Å²) in [5, 5.41) is 4.26. The summed E-state index contributed by atoms with van der Waals surface area (Å²) < 4.78 is 1.87. The summed E-state index contributed by atoms with van der Waals surface area (Å²) >= 11 is 0. The minimum atomic E-state index is 0.289. The van der Waals surface area contributed by atoms with Gasteiger partial charge in [-0.1, -0.05) is 0 Å². The first kappa shape index (κ1) is 17.6. The molecule has 5 nitrogen and oxygen atoms in total. The van der Waals surface area contributed by atoms with Crippen LogP contribution >= 0.6 is 0 Å². The standard InChI is InChI=1S/C20H28N4O/c1-15-13-17(10-11-21-15)6-8-19-5-4-12-24(19)20(25)9-7-18-14-22-23(3)16(18)2/h10-11,13-14,19H,4-9,12H2,1-3H3/t19-/m1/s1. The molecule has 1 aliphatic heterocycles. The monoisotopic (exact) mass is 340 g/mol. The molecule has 0 saturated carbocycles. The van der Waals surface area contributed by atoms with Gasteiger partial charge in [0.2, 0.25) is 5.91 Å². The third kappa shape index (κ3) is 4.27. The second-order valence-corrected chi connectivity index (χ2v) is 7.11. The van der Waals surface area contributed by atoms with Gasteiger partial charge in [-0.3, -0.25) is 14.5 Å². The van der Waals surface area contributed by atoms with Gasteiger partial charge in [0.15, 0.2) is 0 Å². The van der Waals surface area contributed by atoms with Crippen LogP contribution in [0.3, 0.4) is 0 Å². The zero-order valence-electron chi connectivity index (χ0n) is 15.5. The summed E-state index contributed by atoms with van der Waals surface area (Å²) in [6, 6.07) is 4.61. The Morgan fingerprint density at radius 2 is 2.16 bits per heavy atom. The topological polar surface area (TPSA) is 51.0 Å². The van der Waals surface area contributed by atoms with Crippen molar-refractivity contribution >= 4 is 5.91 Å². The van der Waals surface area contributed by atoms with E-state index in [1.54, 1.807) is 0 Å². The smallest absolute Gasteiger partial charge is 0.223 e. The molecule has 25 heavy (non-hydrogen) atoms. The molecule has 1 fully saturated rings. The number of likely N-dealkylation sites (tertiary alicyclic amines) is 1. The fourth-order valence-electron chi connectivity index (χ4n) is 3.73. The van der Waals surface area contributed by atoms with Crippen molar-refractivity contribution in [3.8, 4) is 0 Å². The molecular weight excluding hydrogens is 312 g/mol. The normalized spacial score (nSPS) is 17.2. The van der Waals surface area contributed by atoms with Crippen LogP contribution in [0.2, 0.25) is 0 Å². The molecule has 134 valence electrons. The molecule has 0 spiro atoms. The van der Waals surface area contributed by atoms with Gasteiger partial charge in [0, 0.05) is 43.6 Å². The van der Waals surface area contributed by atoms with Crippen LogP contribution in [0, 0.1) is 13.8 Å². The van der Waals surface area contributed by atoms with Crippen molar-refractivity contribution in [1.29, 1.82) is 0 Å². The van der Waals surface area contributed by atoms with Crippen molar-refractivity contribution in [2.24, 2.45) is 7.05 Å². The van der Waals surface area contributed by atoms with Crippen LogP contribution < -0.4 is 0 Å². The Morgan fingerprint density at radius 1 is 1.32 bits per heavy atom. The minimum Gasteiger partial charge on any atom is -0.340 e. The van der Waals surface area contributed by atoms with Crippen LogP contribution in [0.1, 0.15) is 48.2 Å². The molecule has 3 heterocycles. The Bertz CT molecular complexity index is 737. The second-order valence-electron chi connectivity index (χ2n) is 7.11. The third-order valence-electron chi connectivity index (χ3n) is 5.37. The van der Waals surface area contributed by atoms with Crippen molar-refractivity contribution in [2.75, 3.05) is 6.54 Å². The lowest BCUT2D eigenvalue weighted by molar-refractivity contribution is -0.132. The maximum atomic E-state index is 12.7. The van der Waals surface area contributed by atoms with Gasteiger partial charge in [-0.15, -0.1) is 0 Å². The van der Waals surface area contributed by atoms with Crippen molar-refractivity contribution < 1.29 is 4.79 Å². The van der Waals surface area contributed by atoms with Gasteiger partial charge in [-0.05, 0) is 69.2 Å². The number of carbonyl (C=O) groups is 1. The number of amides is 1. The van der Waals surface area contributed by atoms with E-state index in [0.717, 1.165) is 50.0 Å². The summed E-state index contributed by atoms with van der Waals surface area (Å²) in [4.78, 5) is 19.1. The van der Waals surface area contributed by atoms with E-state index in [9.17, 15) is 4.79 Å². The van der Waals surface area contributed by atoms with E-state index in [4.69, 9.17) is 0 Å². The van der Waals surface area contributed by atoms with Crippen LogP contribution in [0.25, 0.3) is 0 Å². The fraction of sp³-hybridized carbons (Fsp3) is 0.550. The highest BCUT2D eigenvalue weighted by atomic mass is 16.2. The maximum Gasteiger partial charge on any atom is 0.223 e. The molecule has 3 rings (SSSR count). The first-order valence-corrected chi connectivity index (χ1v) is 9.23. The molecular formula is C20H28N4O. The van der Waals surface area contributed by atoms with Crippen LogP contribution in [-0.2, 0) is 24.7 Å². The molecule has 1 aliphatic rings. The predicted octanol–water partition coefficient (Wildman–Crippen LogP) is 2.99. The SMILES string of the molecule is Cc1cc(CC[C@H]2CCCN2C(=O)CCc2cnn(C)c2C)ccn1. The highest BCUT2D eigenvalue weighted by Crippen LogP contribution is 2.23. The minimum absolute atomic E-state index is 0.289. The number of carbonyl (C=O) groups excluding carboxylic acids is 1. The third-order valence-corrected chi connectivity index (χ3v) is 5.37. The second kappa shape index (κ2) is 7.81. The van der Waals surface area contributed by atoms with Gasteiger partial charge in [0.1, 0.15) is 0 Å². The zero-order valence-corrected chi connectivity index (χ0v) is 15.5. The van der Waals surface area contributed by atoms with E-state index in [-0.39, 0.29) is 5.91 Å². The number of hydrogen-bond donors (Lipinski definition) is 0. The molecule has 2 aromatic rings. The Hall–Kier alpha value is -2.17. The number of rotatable bonds is 6. The summed E-state index contributed by atoms with van der Waals surface area (Å²) in [7, 11) is 1.94. The highest BCUT2D eigenvalue weighted by Gasteiger charge is 2.28. The Kier molecular flexibility index (Phi) is 5.51. The van der Waals surface area contributed by atoms with Crippen LogP contribution in [-0.4, -0.2) is 38.2 Å². The molecule has 0 radical (unpaired) electrons. The van der Waals surface area contributed by atoms with Gasteiger partial charge in [-0.25, -0.2) is 0 Å². The number of aryl methyl sites for hydroxylation is 4. The van der Waals surface area contributed by atoms with E-state index in [0.29, 0.717) is 12.5 Å². The van der Waals surface area contributed by atoms with Crippen molar-refractivity contribution in [3.63, 3.8) is 0 Å². The number of nitrogens with zero attached hydrogens (tertiary/aromatic N) is 4. The van der Waals surface area contributed by atoms with Crippen LogP contribution in [0.5, 0.6) is 0 Å². The van der Waals surface area contributed by atoms with E-state index in [2.05, 4.69) is 34.0 Å². The van der Waals surface area contributed by atoms with Crippen molar-refractivity contribution in [1.82, 2.24) is 19.7 Å². The first-order valence-electron chi connectivity index (χ1n) is 9.23. The van der Waals surface area contributed by atoms with Crippen molar-refractivity contribution in [2.45, 2.75) is 58.4 Å². The van der Waals surface area contributed by atoms with Gasteiger partial charge in [0.25, 0.3) is 0 Å². The number of pyridine rings is 1. The molecule has 0 unspecified atom stereocenters. The lowest BCUT2D eigenvalue weighted by atomic mass is 10.0.